The zero-order valence-electron chi connectivity index (χ0n) is 14.0. The number of carbonyl (C=O) groups is 1. The summed E-state index contributed by atoms with van der Waals surface area (Å²) < 4.78 is 11.0. The fourth-order valence-corrected chi connectivity index (χ4v) is 2.41. The standard InChI is InChI=1S/C20H14ClNO5/c21-16-6-4-15(5-7-16)20(23)26-13-14-2-1-3-19(12-14)27-18-10-8-17(9-11-18)22(24)25/h1-12H,13H2. The van der Waals surface area contributed by atoms with Gasteiger partial charge in [-0.3, -0.25) is 10.1 Å². The Balaban J connectivity index is 1.62. The van der Waals surface area contributed by atoms with Crippen LogP contribution in [-0.2, 0) is 11.3 Å². The van der Waals surface area contributed by atoms with E-state index < -0.39 is 10.9 Å². The Morgan fingerprint density at radius 2 is 1.67 bits per heavy atom. The van der Waals surface area contributed by atoms with Crippen molar-refractivity contribution in [3.63, 3.8) is 0 Å². The van der Waals surface area contributed by atoms with E-state index in [1.165, 1.54) is 24.3 Å². The van der Waals surface area contributed by atoms with Gasteiger partial charge in [0.25, 0.3) is 5.69 Å². The Hall–Kier alpha value is -3.38. The maximum absolute atomic E-state index is 12.0. The molecule has 0 amide bonds. The summed E-state index contributed by atoms with van der Waals surface area (Å²) in [5.74, 6) is 0.549. The largest absolute Gasteiger partial charge is 0.457 e. The van der Waals surface area contributed by atoms with Crippen molar-refractivity contribution < 1.29 is 19.2 Å². The van der Waals surface area contributed by atoms with E-state index in [0.29, 0.717) is 22.1 Å². The van der Waals surface area contributed by atoms with E-state index in [4.69, 9.17) is 21.1 Å². The number of esters is 1. The molecule has 3 rings (SSSR count). The molecule has 7 heteroatoms. The molecular weight excluding hydrogens is 370 g/mol. The van der Waals surface area contributed by atoms with E-state index in [1.54, 1.807) is 48.5 Å². The molecule has 0 N–H and O–H groups in total. The van der Waals surface area contributed by atoms with Gasteiger partial charge in [-0.15, -0.1) is 0 Å². The van der Waals surface area contributed by atoms with Gasteiger partial charge in [-0.25, -0.2) is 4.79 Å². The van der Waals surface area contributed by atoms with Gasteiger partial charge in [0.1, 0.15) is 18.1 Å². The summed E-state index contributed by atoms with van der Waals surface area (Å²) >= 11 is 5.80. The molecule has 0 saturated heterocycles. The van der Waals surface area contributed by atoms with Crippen LogP contribution in [0.2, 0.25) is 5.02 Å². The molecule has 0 spiro atoms. The highest BCUT2D eigenvalue weighted by Crippen LogP contribution is 2.24. The third-order valence-electron chi connectivity index (χ3n) is 3.63. The second kappa shape index (κ2) is 8.33. The van der Waals surface area contributed by atoms with Crippen LogP contribution in [0.25, 0.3) is 0 Å². The molecule has 0 saturated carbocycles. The number of benzene rings is 3. The molecule has 0 atom stereocenters. The summed E-state index contributed by atoms with van der Waals surface area (Å²) in [6, 6.07) is 19.3. The first kappa shape index (κ1) is 18.4. The Labute approximate surface area is 160 Å². The maximum Gasteiger partial charge on any atom is 0.338 e. The van der Waals surface area contributed by atoms with Gasteiger partial charge in [0.15, 0.2) is 0 Å². The summed E-state index contributed by atoms with van der Waals surface area (Å²) in [6.07, 6.45) is 0. The Bertz CT molecular complexity index is 955. The summed E-state index contributed by atoms with van der Waals surface area (Å²) in [4.78, 5) is 22.2. The molecule has 0 heterocycles. The number of hydrogen-bond donors (Lipinski definition) is 0. The lowest BCUT2D eigenvalue weighted by molar-refractivity contribution is -0.384. The molecule has 0 aromatic heterocycles. The van der Waals surface area contributed by atoms with Crippen LogP contribution in [0.5, 0.6) is 11.5 Å². The van der Waals surface area contributed by atoms with Crippen molar-refractivity contribution in [2.24, 2.45) is 0 Å². The number of rotatable bonds is 6. The second-order valence-electron chi connectivity index (χ2n) is 5.58. The number of hydrogen-bond acceptors (Lipinski definition) is 5. The zero-order valence-corrected chi connectivity index (χ0v) is 14.8. The van der Waals surface area contributed by atoms with Crippen LogP contribution in [-0.4, -0.2) is 10.9 Å². The Morgan fingerprint density at radius 1 is 0.963 bits per heavy atom. The van der Waals surface area contributed by atoms with Crippen LogP contribution < -0.4 is 4.74 Å². The number of halogens is 1. The van der Waals surface area contributed by atoms with E-state index in [0.717, 1.165) is 5.56 Å². The summed E-state index contributed by atoms with van der Waals surface area (Å²) in [6.45, 7) is 0.0823. The Kier molecular flexibility index (Phi) is 5.68. The second-order valence-corrected chi connectivity index (χ2v) is 6.02. The van der Waals surface area contributed by atoms with Crippen LogP contribution in [0.3, 0.4) is 0 Å². The average Bonchev–Trinajstić information content (AvgIpc) is 2.67. The normalized spacial score (nSPS) is 10.3. The number of non-ortho nitro benzene ring substituents is 1. The molecule has 0 aliphatic carbocycles. The van der Waals surface area contributed by atoms with Gasteiger partial charge in [-0.1, -0.05) is 23.7 Å². The van der Waals surface area contributed by atoms with Crippen LogP contribution in [0.4, 0.5) is 5.69 Å². The molecule has 0 aliphatic heterocycles. The van der Waals surface area contributed by atoms with E-state index in [1.807, 2.05) is 0 Å². The molecule has 0 radical (unpaired) electrons. The van der Waals surface area contributed by atoms with Gasteiger partial charge < -0.3 is 9.47 Å². The van der Waals surface area contributed by atoms with Crippen molar-refractivity contribution in [1.82, 2.24) is 0 Å². The molecule has 6 nitrogen and oxygen atoms in total. The van der Waals surface area contributed by atoms with Crippen molar-refractivity contribution in [2.45, 2.75) is 6.61 Å². The van der Waals surface area contributed by atoms with Gasteiger partial charge in [0.2, 0.25) is 0 Å². The first-order valence-corrected chi connectivity index (χ1v) is 8.33. The summed E-state index contributed by atoms with van der Waals surface area (Å²) in [5, 5.41) is 11.2. The maximum atomic E-state index is 12.0. The van der Waals surface area contributed by atoms with Crippen molar-refractivity contribution in [2.75, 3.05) is 0 Å². The lowest BCUT2D eigenvalue weighted by atomic mass is 10.2. The highest BCUT2D eigenvalue weighted by atomic mass is 35.5. The third kappa shape index (κ3) is 5.05. The highest BCUT2D eigenvalue weighted by molar-refractivity contribution is 6.30. The monoisotopic (exact) mass is 383 g/mol. The number of ether oxygens (including phenoxy) is 2. The lowest BCUT2D eigenvalue weighted by Gasteiger charge is -2.09. The molecule has 0 aliphatic rings. The van der Waals surface area contributed by atoms with E-state index in [9.17, 15) is 14.9 Å². The molecule has 3 aromatic rings. The van der Waals surface area contributed by atoms with Gasteiger partial charge in [0.05, 0.1) is 10.5 Å². The molecule has 136 valence electrons. The lowest BCUT2D eigenvalue weighted by Crippen LogP contribution is -2.05. The van der Waals surface area contributed by atoms with Crippen molar-refractivity contribution in [3.05, 3.63) is 99.1 Å². The van der Waals surface area contributed by atoms with Crippen LogP contribution in [0, 0.1) is 10.1 Å². The van der Waals surface area contributed by atoms with Gasteiger partial charge in [0, 0.05) is 17.2 Å². The first-order chi connectivity index (χ1) is 13.0. The predicted molar refractivity (Wildman–Crippen MR) is 100 cm³/mol. The van der Waals surface area contributed by atoms with Crippen LogP contribution in [0.15, 0.2) is 72.8 Å². The molecule has 0 bridgehead atoms. The average molecular weight is 384 g/mol. The first-order valence-electron chi connectivity index (χ1n) is 7.95. The SMILES string of the molecule is O=C(OCc1cccc(Oc2ccc([N+](=O)[O-])cc2)c1)c1ccc(Cl)cc1. The molecule has 0 fully saturated rings. The fraction of sp³-hybridized carbons (Fsp3) is 0.0500. The Morgan fingerprint density at radius 3 is 2.33 bits per heavy atom. The highest BCUT2D eigenvalue weighted by Gasteiger charge is 2.08. The number of nitro benzene ring substituents is 1. The quantitative estimate of drug-likeness (QED) is 0.323. The molecular formula is C20H14ClNO5. The molecule has 0 unspecified atom stereocenters. The fourth-order valence-electron chi connectivity index (χ4n) is 2.29. The summed E-state index contributed by atoms with van der Waals surface area (Å²) in [5.41, 5.74) is 1.15. The third-order valence-corrected chi connectivity index (χ3v) is 3.88. The minimum absolute atomic E-state index is 0.00906. The topological polar surface area (TPSA) is 78.7 Å². The smallest absolute Gasteiger partial charge is 0.338 e. The number of nitrogens with zero attached hydrogens (tertiary/aromatic N) is 1. The minimum Gasteiger partial charge on any atom is -0.457 e. The van der Waals surface area contributed by atoms with Gasteiger partial charge in [-0.2, -0.15) is 0 Å². The zero-order chi connectivity index (χ0) is 19.2. The number of nitro groups is 1. The van der Waals surface area contributed by atoms with Gasteiger partial charge >= 0.3 is 5.97 Å². The van der Waals surface area contributed by atoms with Crippen LogP contribution in [0.1, 0.15) is 15.9 Å². The van der Waals surface area contributed by atoms with E-state index in [-0.39, 0.29) is 12.3 Å². The molecule has 3 aromatic carbocycles. The van der Waals surface area contributed by atoms with E-state index >= 15 is 0 Å². The van der Waals surface area contributed by atoms with Crippen molar-refractivity contribution in [1.29, 1.82) is 0 Å². The predicted octanol–water partition coefficient (Wildman–Crippen LogP) is 5.40. The molecule has 27 heavy (non-hydrogen) atoms. The minimum atomic E-state index is -0.473. The van der Waals surface area contributed by atoms with Crippen molar-refractivity contribution >= 4 is 23.3 Å². The van der Waals surface area contributed by atoms with Crippen LogP contribution >= 0.6 is 11.6 Å². The van der Waals surface area contributed by atoms with Crippen molar-refractivity contribution in [3.8, 4) is 11.5 Å². The summed E-state index contributed by atoms with van der Waals surface area (Å²) in [7, 11) is 0. The van der Waals surface area contributed by atoms with Gasteiger partial charge in [-0.05, 0) is 54.1 Å². The van der Waals surface area contributed by atoms with E-state index in [2.05, 4.69) is 0 Å². The number of carbonyl (C=O) groups excluding carboxylic acids is 1.